The Morgan fingerprint density at radius 3 is 3.18 bits per heavy atom. The van der Waals surface area contributed by atoms with E-state index in [0.717, 1.165) is 5.75 Å². The first-order chi connectivity index (χ1) is 5.25. The van der Waals surface area contributed by atoms with Crippen LogP contribution in [0.3, 0.4) is 0 Å². The zero-order valence-corrected chi connectivity index (χ0v) is 6.89. The van der Waals surface area contributed by atoms with Crippen molar-refractivity contribution >= 4 is 22.8 Å². The van der Waals surface area contributed by atoms with Crippen LogP contribution in [-0.4, -0.2) is 28.3 Å². The van der Waals surface area contributed by atoms with Crippen molar-refractivity contribution in [3.63, 3.8) is 0 Å². The second-order valence-corrected chi connectivity index (χ2v) is 3.08. The number of nitriles is 1. The lowest BCUT2D eigenvalue weighted by atomic mass is 10.5. The molecule has 0 aliphatic carbocycles. The fourth-order valence-electron chi connectivity index (χ4n) is 0.829. The normalized spacial score (nSPS) is 20.4. The zero-order chi connectivity index (χ0) is 8.27. The standard InChI is InChI=1S/C6H7N3OS/c1-5(10)9-2-3-11-6(9)8-4-7/h2-3H2,1H3. The fraction of sp³-hybridized carbons (Fsp3) is 0.500. The molecule has 0 aromatic heterocycles. The van der Waals surface area contributed by atoms with Gasteiger partial charge in [0, 0.05) is 19.2 Å². The van der Waals surface area contributed by atoms with Gasteiger partial charge in [0.05, 0.1) is 0 Å². The minimum Gasteiger partial charge on any atom is -0.290 e. The van der Waals surface area contributed by atoms with Crippen molar-refractivity contribution in [3.8, 4) is 6.19 Å². The molecular formula is C6H7N3OS. The van der Waals surface area contributed by atoms with Crippen LogP contribution in [0.5, 0.6) is 0 Å². The Kier molecular flexibility index (Phi) is 2.49. The Bertz CT molecular complexity index is 243. The Morgan fingerprint density at radius 1 is 1.91 bits per heavy atom. The predicted octanol–water partition coefficient (Wildman–Crippen LogP) is 0.419. The van der Waals surface area contributed by atoms with Gasteiger partial charge in [-0.2, -0.15) is 5.26 Å². The second kappa shape index (κ2) is 3.39. The molecule has 0 saturated carbocycles. The molecule has 0 aromatic carbocycles. The maximum atomic E-state index is 10.9. The van der Waals surface area contributed by atoms with Gasteiger partial charge in [-0.1, -0.05) is 11.8 Å². The quantitative estimate of drug-likeness (QED) is 0.494. The molecule has 0 unspecified atom stereocenters. The molecule has 0 spiro atoms. The Balaban J connectivity index is 2.75. The molecule has 0 atom stereocenters. The molecule has 1 aliphatic heterocycles. The highest BCUT2D eigenvalue weighted by atomic mass is 32.2. The Labute approximate surface area is 68.9 Å². The summed E-state index contributed by atoms with van der Waals surface area (Å²) in [6, 6.07) is 0. The lowest BCUT2D eigenvalue weighted by Crippen LogP contribution is -2.29. The van der Waals surface area contributed by atoms with Gasteiger partial charge in [-0.25, -0.2) is 0 Å². The topological polar surface area (TPSA) is 56.5 Å². The smallest absolute Gasteiger partial charge is 0.225 e. The first kappa shape index (κ1) is 8.08. The highest BCUT2D eigenvalue weighted by molar-refractivity contribution is 8.14. The van der Waals surface area contributed by atoms with Crippen LogP contribution in [-0.2, 0) is 4.79 Å². The molecule has 0 N–H and O–H groups in total. The van der Waals surface area contributed by atoms with Crippen LogP contribution in [0.15, 0.2) is 4.99 Å². The molecule has 1 rings (SSSR count). The first-order valence-electron chi connectivity index (χ1n) is 3.13. The van der Waals surface area contributed by atoms with Crippen LogP contribution in [0.2, 0.25) is 0 Å². The number of thioether (sulfide) groups is 1. The highest BCUT2D eigenvalue weighted by Gasteiger charge is 2.22. The number of amides is 1. The maximum absolute atomic E-state index is 10.9. The summed E-state index contributed by atoms with van der Waals surface area (Å²) in [5, 5.41) is 8.77. The number of hydrogen-bond donors (Lipinski definition) is 0. The number of amidine groups is 1. The largest absolute Gasteiger partial charge is 0.290 e. The average molecular weight is 169 g/mol. The van der Waals surface area contributed by atoms with E-state index in [1.165, 1.54) is 23.6 Å². The van der Waals surface area contributed by atoms with E-state index in [4.69, 9.17) is 5.26 Å². The molecule has 0 aromatic rings. The molecule has 1 amide bonds. The Morgan fingerprint density at radius 2 is 2.64 bits per heavy atom. The van der Waals surface area contributed by atoms with E-state index in [9.17, 15) is 4.79 Å². The van der Waals surface area contributed by atoms with Gasteiger partial charge < -0.3 is 0 Å². The summed E-state index contributed by atoms with van der Waals surface area (Å²) in [4.78, 5) is 15.9. The molecule has 4 nitrogen and oxygen atoms in total. The van der Waals surface area contributed by atoms with Gasteiger partial charge in [0.15, 0.2) is 5.17 Å². The molecule has 58 valence electrons. The number of carbonyl (C=O) groups is 1. The monoisotopic (exact) mass is 169 g/mol. The summed E-state index contributed by atoms with van der Waals surface area (Å²) in [5.41, 5.74) is 0. The van der Waals surface area contributed by atoms with E-state index in [-0.39, 0.29) is 5.91 Å². The molecule has 1 saturated heterocycles. The molecule has 0 radical (unpaired) electrons. The van der Waals surface area contributed by atoms with Crippen molar-refractivity contribution in [1.29, 1.82) is 5.26 Å². The number of hydrogen-bond acceptors (Lipinski definition) is 4. The highest BCUT2D eigenvalue weighted by Crippen LogP contribution is 2.17. The van der Waals surface area contributed by atoms with Gasteiger partial charge in [-0.05, 0) is 0 Å². The molecular weight excluding hydrogens is 162 g/mol. The van der Waals surface area contributed by atoms with Crippen LogP contribution >= 0.6 is 11.8 Å². The van der Waals surface area contributed by atoms with Crippen molar-refractivity contribution in [3.05, 3.63) is 0 Å². The van der Waals surface area contributed by atoms with Crippen molar-refractivity contribution in [2.75, 3.05) is 12.3 Å². The number of nitrogens with zero attached hydrogens (tertiary/aromatic N) is 3. The second-order valence-electron chi connectivity index (χ2n) is 2.01. The average Bonchev–Trinajstić information content (AvgIpc) is 2.36. The van der Waals surface area contributed by atoms with Crippen LogP contribution in [0.1, 0.15) is 6.92 Å². The van der Waals surface area contributed by atoms with Crippen molar-refractivity contribution in [2.45, 2.75) is 6.92 Å². The van der Waals surface area contributed by atoms with Gasteiger partial charge in [0.1, 0.15) is 0 Å². The third kappa shape index (κ3) is 1.71. The van der Waals surface area contributed by atoms with Gasteiger partial charge in [-0.15, -0.1) is 4.99 Å². The van der Waals surface area contributed by atoms with Gasteiger partial charge >= 0.3 is 0 Å². The molecule has 1 fully saturated rings. The summed E-state index contributed by atoms with van der Waals surface area (Å²) in [6.45, 7) is 2.14. The first-order valence-corrected chi connectivity index (χ1v) is 4.12. The minimum atomic E-state index is -0.0519. The van der Waals surface area contributed by atoms with Crippen LogP contribution in [0.25, 0.3) is 0 Å². The lowest BCUT2D eigenvalue weighted by molar-refractivity contribution is -0.124. The summed E-state index contributed by atoms with van der Waals surface area (Å²) in [6.07, 6.45) is 1.67. The van der Waals surface area contributed by atoms with Crippen LogP contribution < -0.4 is 0 Å². The SMILES string of the molecule is CC(=O)N1CCSC1=NC#N. The maximum Gasteiger partial charge on any atom is 0.225 e. The molecule has 1 aliphatic rings. The summed E-state index contributed by atoms with van der Waals surface area (Å²) in [5.74, 6) is 0.782. The third-order valence-corrected chi connectivity index (χ3v) is 2.26. The van der Waals surface area contributed by atoms with E-state index in [2.05, 4.69) is 4.99 Å². The van der Waals surface area contributed by atoms with Gasteiger partial charge in [-0.3, -0.25) is 9.69 Å². The van der Waals surface area contributed by atoms with Crippen molar-refractivity contribution in [2.24, 2.45) is 4.99 Å². The van der Waals surface area contributed by atoms with Crippen LogP contribution in [0, 0.1) is 11.5 Å². The minimum absolute atomic E-state index is 0.0519. The third-order valence-electron chi connectivity index (χ3n) is 1.30. The summed E-state index contributed by atoms with van der Waals surface area (Å²) < 4.78 is 0. The molecule has 5 heteroatoms. The van der Waals surface area contributed by atoms with Crippen molar-refractivity contribution < 1.29 is 4.79 Å². The Hall–Kier alpha value is -1.02. The van der Waals surface area contributed by atoms with E-state index in [1.54, 1.807) is 6.19 Å². The van der Waals surface area contributed by atoms with Gasteiger partial charge in [0.25, 0.3) is 0 Å². The van der Waals surface area contributed by atoms with E-state index < -0.39 is 0 Å². The zero-order valence-electron chi connectivity index (χ0n) is 6.07. The van der Waals surface area contributed by atoms with E-state index in [1.807, 2.05) is 0 Å². The molecule has 11 heavy (non-hydrogen) atoms. The van der Waals surface area contributed by atoms with Gasteiger partial charge in [0.2, 0.25) is 12.1 Å². The lowest BCUT2D eigenvalue weighted by Gasteiger charge is -2.10. The fourth-order valence-corrected chi connectivity index (χ4v) is 1.77. The van der Waals surface area contributed by atoms with E-state index in [0.29, 0.717) is 11.7 Å². The van der Waals surface area contributed by atoms with Crippen molar-refractivity contribution in [1.82, 2.24) is 4.90 Å². The van der Waals surface area contributed by atoms with Crippen LogP contribution in [0.4, 0.5) is 0 Å². The number of aliphatic imine (C=N–C) groups is 1. The number of carbonyl (C=O) groups excluding carboxylic acids is 1. The summed E-state index contributed by atoms with van der Waals surface area (Å²) in [7, 11) is 0. The van der Waals surface area contributed by atoms with E-state index >= 15 is 0 Å². The molecule has 1 heterocycles. The molecule has 0 bridgehead atoms. The summed E-state index contributed by atoms with van der Waals surface area (Å²) >= 11 is 1.44. The predicted molar refractivity (Wildman–Crippen MR) is 42.9 cm³/mol. The number of rotatable bonds is 0.